The normalized spacial score (nSPS) is 20.2. The predicted octanol–water partition coefficient (Wildman–Crippen LogP) is 2.22. The molecule has 1 aromatic heterocycles. The van der Waals surface area contributed by atoms with Gasteiger partial charge in [-0.3, -0.25) is 4.90 Å². The second kappa shape index (κ2) is 5.80. The maximum atomic E-state index is 3.43. The molecule has 0 radical (unpaired) electrons. The van der Waals surface area contributed by atoms with Crippen molar-refractivity contribution in [2.45, 2.75) is 26.3 Å². The fourth-order valence-corrected chi connectivity index (χ4v) is 3.13. The summed E-state index contributed by atoms with van der Waals surface area (Å²) in [5, 5.41) is 7.90. The van der Waals surface area contributed by atoms with E-state index >= 15 is 0 Å². The van der Waals surface area contributed by atoms with Gasteiger partial charge in [0.05, 0.1) is 0 Å². The van der Waals surface area contributed by atoms with Crippen LogP contribution in [0.5, 0.6) is 0 Å². The molecule has 90 valence electrons. The van der Waals surface area contributed by atoms with Crippen molar-refractivity contribution in [2.75, 3.05) is 26.2 Å². The van der Waals surface area contributed by atoms with Crippen LogP contribution in [0.2, 0.25) is 0 Å². The first-order valence-electron chi connectivity index (χ1n) is 6.23. The number of nitrogens with zero attached hydrogens (tertiary/aromatic N) is 1. The van der Waals surface area contributed by atoms with E-state index in [-0.39, 0.29) is 0 Å². The monoisotopic (exact) mass is 238 g/mol. The number of hydrogen-bond acceptors (Lipinski definition) is 3. The second-order valence-electron chi connectivity index (χ2n) is 4.93. The number of nitrogens with one attached hydrogen (secondary N) is 1. The topological polar surface area (TPSA) is 15.3 Å². The highest BCUT2D eigenvalue weighted by molar-refractivity contribution is 7.07. The van der Waals surface area contributed by atoms with Crippen LogP contribution in [0.1, 0.15) is 19.4 Å². The summed E-state index contributed by atoms with van der Waals surface area (Å²) in [5.41, 5.74) is 1.50. The van der Waals surface area contributed by atoms with Crippen LogP contribution >= 0.6 is 11.3 Å². The third kappa shape index (κ3) is 3.06. The molecule has 3 heteroatoms. The predicted molar refractivity (Wildman–Crippen MR) is 71.1 cm³/mol. The average Bonchev–Trinajstić information content (AvgIpc) is 2.79. The SMILES string of the molecule is CC(C)C(Cc1ccsc1)N1CCNCC1. The van der Waals surface area contributed by atoms with Gasteiger partial charge in [0.1, 0.15) is 0 Å². The van der Waals surface area contributed by atoms with Gasteiger partial charge in [-0.15, -0.1) is 0 Å². The van der Waals surface area contributed by atoms with Crippen molar-refractivity contribution in [2.24, 2.45) is 5.92 Å². The van der Waals surface area contributed by atoms with E-state index in [1.54, 1.807) is 0 Å². The molecule has 2 nitrogen and oxygen atoms in total. The Hall–Kier alpha value is -0.380. The highest BCUT2D eigenvalue weighted by atomic mass is 32.1. The van der Waals surface area contributed by atoms with Crippen molar-refractivity contribution in [3.05, 3.63) is 22.4 Å². The Morgan fingerprint density at radius 3 is 2.69 bits per heavy atom. The third-order valence-corrected chi connectivity index (χ3v) is 4.15. The van der Waals surface area contributed by atoms with E-state index in [2.05, 4.69) is 40.9 Å². The minimum atomic E-state index is 0.705. The van der Waals surface area contributed by atoms with Gasteiger partial charge in [-0.25, -0.2) is 0 Å². The number of rotatable bonds is 4. The maximum absolute atomic E-state index is 3.43. The molecule has 16 heavy (non-hydrogen) atoms. The van der Waals surface area contributed by atoms with Gasteiger partial charge in [0.2, 0.25) is 0 Å². The van der Waals surface area contributed by atoms with Crippen LogP contribution in [0.4, 0.5) is 0 Å². The highest BCUT2D eigenvalue weighted by Crippen LogP contribution is 2.18. The lowest BCUT2D eigenvalue weighted by Crippen LogP contribution is -2.50. The minimum absolute atomic E-state index is 0.705. The largest absolute Gasteiger partial charge is 0.314 e. The first-order chi connectivity index (χ1) is 7.77. The summed E-state index contributed by atoms with van der Waals surface area (Å²) in [4.78, 5) is 2.65. The Morgan fingerprint density at radius 2 is 2.12 bits per heavy atom. The van der Waals surface area contributed by atoms with Gasteiger partial charge in [0, 0.05) is 32.2 Å². The molecule has 0 amide bonds. The molecule has 1 N–H and O–H groups in total. The van der Waals surface area contributed by atoms with E-state index in [1.807, 2.05) is 11.3 Å². The fourth-order valence-electron chi connectivity index (χ4n) is 2.45. The molecule has 0 saturated carbocycles. The molecule has 1 aliphatic heterocycles. The van der Waals surface area contributed by atoms with Crippen molar-refractivity contribution < 1.29 is 0 Å². The quantitative estimate of drug-likeness (QED) is 0.865. The first-order valence-corrected chi connectivity index (χ1v) is 7.17. The van der Waals surface area contributed by atoms with Crippen molar-refractivity contribution in [1.82, 2.24) is 10.2 Å². The van der Waals surface area contributed by atoms with Crippen LogP contribution in [-0.4, -0.2) is 37.1 Å². The van der Waals surface area contributed by atoms with Crippen molar-refractivity contribution in [1.29, 1.82) is 0 Å². The van der Waals surface area contributed by atoms with E-state index < -0.39 is 0 Å². The van der Waals surface area contributed by atoms with Crippen molar-refractivity contribution in [3.8, 4) is 0 Å². The molecule has 0 aliphatic carbocycles. The van der Waals surface area contributed by atoms with Crippen LogP contribution in [0.15, 0.2) is 16.8 Å². The summed E-state index contributed by atoms with van der Waals surface area (Å²) in [6, 6.07) is 2.97. The summed E-state index contributed by atoms with van der Waals surface area (Å²) in [7, 11) is 0. The Kier molecular flexibility index (Phi) is 4.38. The Morgan fingerprint density at radius 1 is 1.38 bits per heavy atom. The van der Waals surface area contributed by atoms with Crippen LogP contribution in [0.25, 0.3) is 0 Å². The average molecular weight is 238 g/mol. The summed E-state index contributed by atoms with van der Waals surface area (Å²) >= 11 is 1.81. The molecule has 0 bridgehead atoms. The molecular weight excluding hydrogens is 216 g/mol. The Bertz CT molecular complexity index is 289. The molecule has 1 saturated heterocycles. The summed E-state index contributed by atoms with van der Waals surface area (Å²) in [5.74, 6) is 0.734. The lowest BCUT2D eigenvalue weighted by molar-refractivity contribution is 0.136. The summed E-state index contributed by atoms with van der Waals surface area (Å²) in [6.45, 7) is 9.39. The fraction of sp³-hybridized carbons (Fsp3) is 0.692. The highest BCUT2D eigenvalue weighted by Gasteiger charge is 2.23. The van der Waals surface area contributed by atoms with Crippen LogP contribution < -0.4 is 5.32 Å². The van der Waals surface area contributed by atoms with Gasteiger partial charge >= 0.3 is 0 Å². The second-order valence-corrected chi connectivity index (χ2v) is 5.71. The molecule has 0 aromatic carbocycles. The van der Waals surface area contributed by atoms with Crippen LogP contribution in [-0.2, 0) is 6.42 Å². The smallest absolute Gasteiger partial charge is 0.0160 e. The summed E-state index contributed by atoms with van der Waals surface area (Å²) in [6.07, 6.45) is 1.21. The van der Waals surface area contributed by atoms with Gasteiger partial charge < -0.3 is 5.32 Å². The van der Waals surface area contributed by atoms with E-state index in [4.69, 9.17) is 0 Å². The molecule has 1 atom stereocenters. The molecule has 1 fully saturated rings. The Balaban J connectivity index is 1.98. The van der Waals surface area contributed by atoms with Crippen molar-refractivity contribution in [3.63, 3.8) is 0 Å². The minimum Gasteiger partial charge on any atom is -0.314 e. The lowest BCUT2D eigenvalue weighted by atomic mass is 9.95. The third-order valence-electron chi connectivity index (χ3n) is 3.42. The first kappa shape index (κ1) is 12.1. The van der Waals surface area contributed by atoms with E-state index in [0.717, 1.165) is 19.0 Å². The number of thiophene rings is 1. The van der Waals surface area contributed by atoms with E-state index in [9.17, 15) is 0 Å². The van der Waals surface area contributed by atoms with Gasteiger partial charge in [-0.2, -0.15) is 11.3 Å². The summed E-state index contributed by atoms with van der Waals surface area (Å²) < 4.78 is 0. The van der Waals surface area contributed by atoms with Crippen molar-refractivity contribution >= 4 is 11.3 Å². The molecule has 0 spiro atoms. The zero-order chi connectivity index (χ0) is 11.4. The molecule has 1 unspecified atom stereocenters. The molecule has 1 aliphatic rings. The van der Waals surface area contributed by atoms with Gasteiger partial charge in [0.15, 0.2) is 0 Å². The van der Waals surface area contributed by atoms with Gasteiger partial charge in [-0.1, -0.05) is 13.8 Å². The zero-order valence-corrected chi connectivity index (χ0v) is 11.1. The van der Waals surface area contributed by atoms with E-state index in [0.29, 0.717) is 6.04 Å². The lowest BCUT2D eigenvalue weighted by Gasteiger charge is -2.37. The Labute approximate surface area is 103 Å². The molecule has 2 rings (SSSR count). The number of hydrogen-bond donors (Lipinski definition) is 1. The number of piperazine rings is 1. The standard InChI is InChI=1S/C13H22N2S/c1-11(2)13(9-12-3-8-16-10-12)15-6-4-14-5-7-15/h3,8,10-11,13-14H,4-7,9H2,1-2H3. The van der Waals surface area contributed by atoms with Gasteiger partial charge in [0.25, 0.3) is 0 Å². The van der Waals surface area contributed by atoms with Gasteiger partial charge in [-0.05, 0) is 34.7 Å². The molecular formula is C13H22N2S. The maximum Gasteiger partial charge on any atom is 0.0160 e. The van der Waals surface area contributed by atoms with E-state index in [1.165, 1.54) is 25.1 Å². The van der Waals surface area contributed by atoms with Crippen LogP contribution in [0, 0.1) is 5.92 Å². The molecule has 2 heterocycles. The molecule has 1 aromatic rings. The zero-order valence-electron chi connectivity index (χ0n) is 10.3. The van der Waals surface area contributed by atoms with Crippen LogP contribution in [0.3, 0.4) is 0 Å².